The van der Waals surface area contributed by atoms with Crippen molar-refractivity contribution >= 4 is 5.97 Å². The van der Waals surface area contributed by atoms with Gasteiger partial charge in [-0.25, -0.2) is 0 Å². The average Bonchev–Trinajstić information content (AvgIpc) is 2.21. The Morgan fingerprint density at radius 2 is 1.13 bits per heavy atom. The summed E-state index contributed by atoms with van der Waals surface area (Å²) >= 11 is 0. The van der Waals surface area contributed by atoms with Gasteiger partial charge >= 0.3 is 5.97 Å². The summed E-state index contributed by atoms with van der Waals surface area (Å²) < 4.78 is 16.9. The Morgan fingerprint density at radius 3 is 1.43 bits per heavy atom. The average molecular weight is 331 g/mol. The third-order valence-electron chi connectivity index (χ3n) is 2.66. The van der Waals surface area contributed by atoms with Crippen LogP contribution in [0.1, 0.15) is 62.3 Å². The molecule has 0 saturated carbocycles. The van der Waals surface area contributed by atoms with Crippen molar-refractivity contribution in [3.05, 3.63) is 0 Å². The number of hydrogen-bond acceptors (Lipinski definition) is 5. The van der Waals surface area contributed by atoms with Gasteiger partial charge in [-0.05, 0) is 62.3 Å². The first-order valence-electron chi connectivity index (χ1n) is 8.40. The van der Waals surface area contributed by atoms with Crippen molar-refractivity contribution in [1.29, 1.82) is 0 Å². The Bertz CT molecular complexity index is 328. The van der Waals surface area contributed by atoms with E-state index in [9.17, 15) is 4.79 Å². The van der Waals surface area contributed by atoms with Gasteiger partial charge in [0.2, 0.25) is 0 Å². The summed E-state index contributed by atoms with van der Waals surface area (Å²) in [5, 5.41) is 0. The summed E-state index contributed by atoms with van der Waals surface area (Å²) in [5.41, 5.74) is -0.828. The van der Waals surface area contributed by atoms with Gasteiger partial charge in [-0.1, -0.05) is 0 Å². The molecule has 0 aliphatic carbocycles. The second kappa shape index (κ2) is 9.00. The molecule has 0 heterocycles. The number of hydrogen-bond donors (Lipinski definition) is 0. The summed E-state index contributed by atoms with van der Waals surface area (Å²) in [6.45, 7) is 20.5. The summed E-state index contributed by atoms with van der Waals surface area (Å²) in [7, 11) is 0. The second-order valence-corrected chi connectivity index (χ2v) is 8.78. The molecule has 0 saturated heterocycles. The van der Waals surface area contributed by atoms with E-state index in [4.69, 9.17) is 14.2 Å². The zero-order valence-electron chi connectivity index (χ0n) is 16.6. The minimum Gasteiger partial charge on any atom is -0.459 e. The fraction of sp³-hybridized carbons (Fsp3) is 0.944. The lowest BCUT2D eigenvalue weighted by molar-refractivity contribution is -0.156. The zero-order chi connectivity index (χ0) is 18.3. The first-order chi connectivity index (χ1) is 10.2. The fourth-order valence-electron chi connectivity index (χ4n) is 1.79. The van der Waals surface area contributed by atoms with Crippen LogP contribution in [0.2, 0.25) is 0 Å². The van der Waals surface area contributed by atoms with Crippen LogP contribution in [0.5, 0.6) is 0 Å². The number of carbonyl (C=O) groups is 1. The smallest absolute Gasteiger partial charge is 0.320 e. The number of esters is 1. The van der Waals surface area contributed by atoms with Crippen molar-refractivity contribution in [3.8, 4) is 0 Å². The molecule has 0 radical (unpaired) electrons. The molecule has 0 aromatic heterocycles. The molecule has 5 heteroatoms. The Kier molecular flexibility index (Phi) is 8.74. The summed E-state index contributed by atoms with van der Waals surface area (Å²) in [6, 6.07) is 0. The highest BCUT2D eigenvalue weighted by Crippen LogP contribution is 2.10. The van der Waals surface area contributed by atoms with Gasteiger partial charge in [0.05, 0.1) is 31.0 Å². The van der Waals surface area contributed by atoms with Crippen LogP contribution in [0.15, 0.2) is 0 Å². The van der Waals surface area contributed by atoms with E-state index in [-0.39, 0.29) is 23.7 Å². The monoisotopic (exact) mass is 331 g/mol. The first-order valence-corrected chi connectivity index (χ1v) is 8.40. The molecule has 0 rings (SSSR count). The topological polar surface area (TPSA) is 48.0 Å². The van der Waals surface area contributed by atoms with Crippen LogP contribution in [-0.4, -0.2) is 60.5 Å². The summed E-state index contributed by atoms with van der Waals surface area (Å²) in [5.74, 6) is -0.219. The number of carbonyl (C=O) groups excluding carboxylic acids is 1. The van der Waals surface area contributed by atoms with Gasteiger partial charge in [0, 0.05) is 13.1 Å². The highest BCUT2D eigenvalue weighted by atomic mass is 16.6. The molecule has 0 spiro atoms. The zero-order valence-corrected chi connectivity index (χ0v) is 16.6. The molecular formula is C18H37NO4. The SMILES string of the molecule is CC(C)(C)OCCN(CCOC(C)(C)C)CC(=O)OC(C)(C)C. The van der Waals surface area contributed by atoms with Gasteiger partial charge in [0.25, 0.3) is 0 Å². The number of ether oxygens (including phenoxy) is 3. The number of rotatable bonds is 8. The molecular weight excluding hydrogens is 294 g/mol. The van der Waals surface area contributed by atoms with E-state index in [0.29, 0.717) is 26.3 Å². The molecule has 0 aromatic rings. The van der Waals surface area contributed by atoms with Crippen molar-refractivity contribution in [3.63, 3.8) is 0 Å². The maximum atomic E-state index is 12.0. The Labute approximate surface area is 142 Å². The Morgan fingerprint density at radius 1 is 0.739 bits per heavy atom. The van der Waals surface area contributed by atoms with Gasteiger partial charge in [0.1, 0.15) is 5.60 Å². The van der Waals surface area contributed by atoms with Gasteiger partial charge in [-0.3, -0.25) is 9.69 Å². The van der Waals surface area contributed by atoms with E-state index in [1.807, 2.05) is 67.2 Å². The van der Waals surface area contributed by atoms with Crippen molar-refractivity contribution in [1.82, 2.24) is 4.90 Å². The van der Waals surface area contributed by atoms with Gasteiger partial charge in [-0.15, -0.1) is 0 Å². The quantitative estimate of drug-likeness (QED) is 0.639. The molecule has 0 unspecified atom stereocenters. The Balaban J connectivity index is 4.45. The van der Waals surface area contributed by atoms with E-state index < -0.39 is 5.60 Å². The lowest BCUT2D eigenvalue weighted by Gasteiger charge is -2.28. The van der Waals surface area contributed by atoms with Crippen LogP contribution in [0.4, 0.5) is 0 Å². The van der Waals surface area contributed by atoms with Crippen LogP contribution in [0.25, 0.3) is 0 Å². The van der Waals surface area contributed by atoms with Crippen LogP contribution >= 0.6 is 0 Å². The van der Waals surface area contributed by atoms with E-state index in [0.717, 1.165) is 0 Å². The Hall–Kier alpha value is -0.650. The maximum absolute atomic E-state index is 12.0. The summed E-state index contributed by atoms with van der Waals surface area (Å²) in [6.07, 6.45) is 0. The highest BCUT2D eigenvalue weighted by Gasteiger charge is 2.20. The van der Waals surface area contributed by atoms with Crippen LogP contribution in [0, 0.1) is 0 Å². The normalized spacial score (nSPS) is 13.5. The fourth-order valence-corrected chi connectivity index (χ4v) is 1.79. The molecule has 0 aliphatic heterocycles. The van der Waals surface area contributed by atoms with Crippen molar-refractivity contribution < 1.29 is 19.0 Å². The van der Waals surface area contributed by atoms with Crippen molar-refractivity contribution in [2.75, 3.05) is 32.8 Å². The van der Waals surface area contributed by atoms with Crippen molar-refractivity contribution in [2.45, 2.75) is 79.1 Å². The van der Waals surface area contributed by atoms with E-state index in [1.54, 1.807) is 0 Å². The molecule has 0 bridgehead atoms. The molecule has 138 valence electrons. The largest absolute Gasteiger partial charge is 0.459 e. The maximum Gasteiger partial charge on any atom is 0.320 e. The summed E-state index contributed by atoms with van der Waals surface area (Å²) in [4.78, 5) is 14.1. The molecule has 0 amide bonds. The minimum atomic E-state index is -0.466. The van der Waals surface area contributed by atoms with Crippen LogP contribution < -0.4 is 0 Å². The molecule has 0 aliphatic rings. The highest BCUT2D eigenvalue weighted by molar-refractivity contribution is 5.72. The molecule has 0 N–H and O–H groups in total. The van der Waals surface area contributed by atoms with E-state index in [2.05, 4.69) is 0 Å². The lowest BCUT2D eigenvalue weighted by Crippen LogP contribution is -2.40. The lowest BCUT2D eigenvalue weighted by atomic mass is 10.2. The van der Waals surface area contributed by atoms with Gasteiger partial charge in [0.15, 0.2) is 0 Å². The third kappa shape index (κ3) is 16.0. The van der Waals surface area contributed by atoms with Crippen LogP contribution in [-0.2, 0) is 19.0 Å². The third-order valence-corrected chi connectivity index (χ3v) is 2.66. The molecule has 0 atom stereocenters. The standard InChI is InChI=1S/C18H37NO4/c1-16(2,3)21-12-10-19(11-13-22-17(4,5)6)14-15(20)23-18(7,8)9/h10-14H2,1-9H3. The van der Waals surface area contributed by atoms with Gasteiger partial charge < -0.3 is 14.2 Å². The minimum absolute atomic E-state index is 0.181. The number of nitrogens with zero attached hydrogens (tertiary/aromatic N) is 1. The van der Waals surface area contributed by atoms with Gasteiger partial charge in [-0.2, -0.15) is 0 Å². The second-order valence-electron chi connectivity index (χ2n) is 8.78. The molecule has 0 fully saturated rings. The first kappa shape index (κ1) is 22.4. The van der Waals surface area contributed by atoms with E-state index >= 15 is 0 Å². The predicted octanol–water partition coefficient (Wildman–Crippen LogP) is 3.26. The van der Waals surface area contributed by atoms with Crippen molar-refractivity contribution in [2.24, 2.45) is 0 Å². The predicted molar refractivity (Wildman–Crippen MR) is 93.7 cm³/mol. The van der Waals surface area contributed by atoms with E-state index in [1.165, 1.54) is 0 Å². The molecule has 0 aromatic carbocycles. The molecule has 23 heavy (non-hydrogen) atoms. The van der Waals surface area contributed by atoms with Crippen LogP contribution in [0.3, 0.4) is 0 Å². The molecule has 5 nitrogen and oxygen atoms in total.